The summed E-state index contributed by atoms with van der Waals surface area (Å²) in [4.78, 5) is 20.9. The van der Waals surface area contributed by atoms with Gasteiger partial charge < -0.3 is 0 Å². The van der Waals surface area contributed by atoms with Crippen molar-refractivity contribution in [3.63, 3.8) is 0 Å². The number of thioether (sulfide) groups is 1. The summed E-state index contributed by atoms with van der Waals surface area (Å²) >= 11 is 0.733. The molecule has 4 nitrogen and oxygen atoms in total. The maximum Gasteiger partial charge on any atom is 0.416 e. The van der Waals surface area contributed by atoms with Crippen LogP contribution in [-0.4, -0.2) is 16.6 Å². The van der Waals surface area contributed by atoms with Gasteiger partial charge >= 0.3 is 6.18 Å². The lowest BCUT2D eigenvalue weighted by molar-refractivity contribution is -0.479. The second-order valence-electron chi connectivity index (χ2n) is 3.73. The summed E-state index contributed by atoms with van der Waals surface area (Å²) in [5.74, 6) is 0. The number of carbonyl (C=O) groups is 1. The Morgan fingerprint density at radius 1 is 1.37 bits per heavy atom. The zero-order valence-corrected chi connectivity index (χ0v) is 10.6. The molecule has 1 aromatic rings. The minimum Gasteiger partial charge on any atom is -0.288 e. The fraction of sp³-hybridized carbons (Fsp3) is 0.364. The molecule has 0 radical (unpaired) electrons. The van der Waals surface area contributed by atoms with Crippen molar-refractivity contribution in [2.45, 2.75) is 18.3 Å². The van der Waals surface area contributed by atoms with Crippen LogP contribution in [0.15, 0.2) is 24.3 Å². The van der Waals surface area contributed by atoms with E-state index in [9.17, 15) is 28.1 Å². The van der Waals surface area contributed by atoms with Crippen LogP contribution < -0.4 is 0 Å². The molecule has 0 saturated heterocycles. The van der Waals surface area contributed by atoms with Gasteiger partial charge in [0.1, 0.15) is 5.25 Å². The van der Waals surface area contributed by atoms with Crippen molar-refractivity contribution in [2.24, 2.45) is 0 Å². The van der Waals surface area contributed by atoms with Gasteiger partial charge in [-0.3, -0.25) is 14.9 Å². The largest absolute Gasteiger partial charge is 0.416 e. The van der Waals surface area contributed by atoms with Gasteiger partial charge in [0.25, 0.3) is 0 Å². The molecule has 0 fully saturated rings. The van der Waals surface area contributed by atoms with E-state index >= 15 is 0 Å². The fourth-order valence-corrected chi connectivity index (χ4v) is 2.32. The van der Waals surface area contributed by atoms with E-state index in [-0.39, 0.29) is 5.12 Å². The lowest BCUT2D eigenvalue weighted by Crippen LogP contribution is -2.12. The quantitative estimate of drug-likeness (QED) is 0.631. The standard InChI is InChI=1S/C11H10F3NO3S/c1-7(16)19-10(6-15(17)18)8-2-4-9(5-3-8)11(12,13)14/h2-5,10H,6H2,1H3. The average Bonchev–Trinajstić information content (AvgIpc) is 2.26. The van der Waals surface area contributed by atoms with Gasteiger partial charge in [0, 0.05) is 11.8 Å². The zero-order valence-electron chi connectivity index (χ0n) is 9.81. The Morgan fingerprint density at radius 3 is 2.26 bits per heavy atom. The molecule has 0 N–H and O–H groups in total. The van der Waals surface area contributed by atoms with Crippen LogP contribution in [0.25, 0.3) is 0 Å². The van der Waals surface area contributed by atoms with Crippen molar-refractivity contribution < 1.29 is 22.9 Å². The highest BCUT2D eigenvalue weighted by Crippen LogP contribution is 2.33. The van der Waals surface area contributed by atoms with Crippen molar-refractivity contribution in [3.8, 4) is 0 Å². The third-order valence-electron chi connectivity index (χ3n) is 2.23. The summed E-state index contributed by atoms with van der Waals surface area (Å²) in [5.41, 5.74) is -0.506. The second kappa shape index (κ2) is 6.05. The minimum atomic E-state index is -4.45. The van der Waals surface area contributed by atoms with E-state index in [4.69, 9.17) is 0 Å². The van der Waals surface area contributed by atoms with Crippen LogP contribution in [0.3, 0.4) is 0 Å². The van der Waals surface area contributed by atoms with Crippen LogP contribution in [-0.2, 0) is 11.0 Å². The first kappa shape index (κ1) is 15.5. The number of nitrogens with zero attached hydrogens (tertiary/aromatic N) is 1. The summed E-state index contributed by atoms with van der Waals surface area (Å²) in [5, 5.41) is 9.38. The molecule has 0 spiro atoms. The van der Waals surface area contributed by atoms with Crippen molar-refractivity contribution >= 4 is 16.9 Å². The number of halogens is 3. The van der Waals surface area contributed by atoms with Crippen LogP contribution >= 0.6 is 11.8 Å². The first-order chi connectivity index (χ1) is 8.70. The van der Waals surface area contributed by atoms with Crippen LogP contribution in [0.5, 0.6) is 0 Å². The van der Waals surface area contributed by atoms with E-state index < -0.39 is 28.5 Å². The van der Waals surface area contributed by atoms with E-state index in [0.29, 0.717) is 5.56 Å². The molecule has 0 aliphatic rings. The van der Waals surface area contributed by atoms with Gasteiger partial charge in [-0.15, -0.1) is 0 Å². The van der Waals surface area contributed by atoms with Gasteiger partial charge in [0.15, 0.2) is 5.12 Å². The maximum absolute atomic E-state index is 12.4. The van der Waals surface area contributed by atoms with E-state index in [1.54, 1.807) is 0 Å². The normalized spacial score (nSPS) is 13.1. The molecule has 104 valence electrons. The van der Waals surface area contributed by atoms with Crippen LogP contribution in [0.4, 0.5) is 13.2 Å². The zero-order chi connectivity index (χ0) is 14.6. The SMILES string of the molecule is CC(=O)SC(C[N+](=O)[O-])c1ccc(C(F)(F)F)cc1. The van der Waals surface area contributed by atoms with Crippen molar-refractivity contribution in [1.82, 2.24) is 0 Å². The summed E-state index contributed by atoms with van der Waals surface area (Å²) in [6, 6.07) is 4.02. The molecule has 1 atom stereocenters. The second-order valence-corrected chi connectivity index (χ2v) is 5.11. The Balaban J connectivity index is 2.96. The average molecular weight is 293 g/mol. The molecule has 0 heterocycles. The molecule has 8 heteroatoms. The summed E-state index contributed by atoms with van der Waals surface area (Å²) in [6.07, 6.45) is -4.45. The van der Waals surface area contributed by atoms with Crippen molar-refractivity contribution in [1.29, 1.82) is 0 Å². The first-order valence-electron chi connectivity index (χ1n) is 5.16. The summed E-state index contributed by atoms with van der Waals surface area (Å²) < 4.78 is 37.1. The first-order valence-corrected chi connectivity index (χ1v) is 6.04. The van der Waals surface area contributed by atoms with E-state index in [0.717, 1.165) is 36.0 Å². The van der Waals surface area contributed by atoms with Crippen LogP contribution in [0.1, 0.15) is 23.3 Å². The van der Waals surface area contributed by atoms with Crippen LogP contribution in [0, 0.1) is 10.1 Å². The van der Waals surface area contributed by atoms with Gasteiger partial charge in [-0.2, -0.15) is 13.2 Å². The molecule has 0 aromatic heterocycles. The summed E-state index contributed by atoms with van der Waals surface area (Å²) in [7, 11) is 0. The molecule has 0 bridgehead atoms. The highest BCUT2D eigenvalue weighted by molar-refractivity contribution is 8.13. The monoisotopic (exact) mass is 293 g/mol. The Hall–Kier alpha value is -1.57. The van der Waals surface area contributed by atoms with Gasteiger partial charge in [0.05, 0.1) is 5.56 Å². The molecule has 1 unspecified atom stereocenters. The lowest BCUT2D eigenvalue weighted by atomic mass is 10.1. The molecule has 19 heavy (non-hydrogen) atoms. The Bertz CT molecular complexity index is 457. The predicted octanol–water partition coefficient (Wildman–Crippen LogP) is 3.30. The molecule has 0 saturated carbocycles. The van der Waals surface area contributed by atoms with E-state index in [1.807, 2.05) is 0 Å². The maximum atomic E-state index is 12.4. The van der Waals surface area contributed by atoms with Crippen molar-refractivity contribution in [3.05, 3.63) is 45.5 Å². The van der Waals surface area contributed by atoms with E-state index in [1.165, 1.54) is 6.92 Å². The number of benzene rings is 1. The number of hydrogen-bond donors (Lipinski definition) is 0. The molecule has 0 aliphatic carbocycles. The van der Waals surface area contributed by atoms with Gasteiger partial charge in [-0.1, -0.05) is 23.9 Å². The highest BCUT2D eigenvalue weighted by Gasteiger charge is 2.30. The highest BCUT2D eigenvalue weighted by atomic mass is 32.2. The molecule has 1 rings (SSSR count). The third-order valence-corrected chi connectivity index (χ3v) is 3.27. The van der Waals surface area contributed by atoms with Gasteiger partial charge in [-0.25, -0.2) is 0 Å². The van der Waals surface area contributed by atoms with E-state index in [2.05, 4.69) is 0 Å². The predicted molar refractivity (Wildman–Crippen MR) is 64.3 cm³/mol. The van der Waals surface area contributed by atoms with Crippen molar-refractivity contribution in [2.75, 3.05) is 6.54 Å². The number of carbonyl (C=O) groups excluding carboxylic acids is 1. The Labute approximate surface area is 111 Å². The lowest BCUT2D eigenvalue weighted by Gasteiger charge is -2.12. The van der Waals surface area contributed by atoms with Crippen LogP contribution in [0.2, 0.25) is 0 Å². The van der Waals surface area contributed by atoms with Gasteiger partial charge in [-0.05, 0) is 17.7 Å². The number of nitro groups is 1. The molecule has 1 aromatic carbocycles. The Morgan fingerprint density at radius 2 is 1.89 bits per heavy atom. The smallest absolute Gasteiger partial charge is 0.288 e. The number of alkyl halides is 3. The topological polar surface area (TPSA) is 60.2 Å². The Kier molecular flexibility index (Phi) is 4.93. The number of hydrogen-bond acceptors (Lipinski definition) is 4. The summed E-state index contributed by atoms with van der Waals surface area (Å²) in [6.45, 7) is 0.733. The number of rotatable bonds is 4. The molecular formula is C11H10F3NO3S. The molecule has 0 aliphatic heterocycles. The molecule has 0 amide bonds. The third kappa shape index (κ3) is 4.90. The minimum absolute atomic E-state index is 0.324. The fourth-order valence-electron chi connectivity index (χ4n) is 1.43. The molecular weight excluding hydrogens is 283 g/mol. The van der Waals surface area contributed by atoms with Gasteiger partial charge in [0.2, 0.25) is 6.54 Å².